The average Bonchev–Trinajstić information content (AvgIpc) is 3.57. The lowest BCUT2D eigenvalue weighted by atomic mass is 9.95. The highest BCUT2D eigenvalue weighted by Crippen LogP contribution is 2.29. The van der Waals surface area contributed by atoms with Gasteiger partial charge in [0.15, 0.2) is 11.6 Å². The highest BCUT2D eigenvalue weighted by atomic mass is 79.9. The molecule has 88 heavy (non-hydrogen) atoms. The van der Waals surface area contributed by atoms with E-state index in [0.29, 0.717) is 40.2 Å². The van der Waals surface area contributed by atoms with Crippen molar-refractivity contribution in [1.29, 1.82) is 0 Å². The summed E-state index contributed by atoms with van der Waals surface area (Å²) in [5, 5.41) is 0.766. The molecule has 0 aromatic heterocycles. The van der Waals surface area contributed by atoms with Crippen LogP contribution in [0.5, 0.6) is 0 Å². The Labute approximate surface area is 538 Å². The number of hydrogen-bond acceptors (Lipinski definition) is 0. The summed E-state index contributed by atoms with van der Waals surface area (Å²) in [6.45, 7) is 38.2. The molecule has 0 heterocycles. The van der Waals surface area contributed by atoms with E-state index in [0.717, 1.165) is 55.5 Å². The Hall–Kier alpha value is -5.88. The van der Waals surface area contributed by atoms with Crippen LogP contribution < -0.4 is 0 Å². The zero-order valence-electron chi connectivity index (χ0n) is 54.4. The fourth-order valence-corrected chi connectivity index (χ4v) is 9.85. The Morgan fingerprint density at radius 3 is 1.10 bits per heavy atom. The lowest BCUT2D eigenvalue weighted by molar-refractivity contribution is 0.506. The largest absolute Gasteiger partial charge is 0.207 e. The maximum absolute atomic E-state index is 13.0. The Morgan fingerprint density at radius 1 is 0.284 bits per heavy atom. The molecule has 480 valence electrons. The molecule has 0 saturated heterocycles. The van der Waals surface area contributed by atoms with E-state index in [2.05, 4.69) is 71.3 Å². The summed E-state index contributed by atoms with van der Waals surface area (Å²) < 4.78 is 127. The number of aryl methyl sites for hydroxylation is 1. The molecule has 0 unspecified atom stereocenters. The fourth-order valence-electron chi connectivity index (χ4n) is 8.32. The summed E-state index contributed by atoms with van der Waals surface area (Å²) >= 11 is 14.8. The molecule has 8 rings (SSSR count). The monoisotopic (exact) mass is 1330 g/mol. The molecule has 8 aromatic carbocycles. The Morgan fingerprint density at radius 2 is 0.682 bits per heavy atom. The van der Waals surface area contributed by atoms with E-state index in [4.69, 9.17) is 23.2 Å². The van der Waals surface area contributed by atoms with E-state index in [9.17, 15) is 43.9 Å². The van der Waals surface area contributed by atoms with Gasteiger partial charge in [0.1, 0.15) is 46.5 Å². The third-order valence-electron chi connectivity index (χ3n) is 13.7. The van der Waals surface area contributed by atoms with Crippen LogP contribution in [0, 0.1) is 78.9 Å². The van der Waals surface area contributed by atoms with Gasteiger partial charge in [0.2, 0.25) is 0 Å². The Bertz CT molecular complexity index is 3130. The van der Waals surface area contributed by atoms with Crippen molar-refractivity contribution < 1.29 is 43.9 Å². The van der Waals surface area contributed by atoms with Gasteiger partial charge in [-0.1, -0.05) is 211 Å². The van der Waals surface area contributed by atoms with Crippen LogP contribution in [-0.4, -0.2) is 0 Å². The third-order valence-corrected chi connectivity index (χ3v) is 15.2. The lowest BCUT2D eigenvalue weighted by Gasteiger charge is -2.12. The van der Waals surface area contributed by atoms with Gasteiger partial charge in [-0.15, -0.1) is 0 Å². The number of hydrogen-bond donors (Lipinski definition) is 0. The molecule has 13 heteroatoms. The van der Waals surface area contributed by atoms with Gasteiger partial charge in [-0.2, -0.15) is 0 Å². The van der Waals surface area contributed by atoms with E-state index in [1.54, 1.807) is 30.3 Å². The van der Waals surface area contributed by atoms with E-state index < -0.39 is 23.3 Å². The van der Waals surface area contributed by atoms with Crippen LogP contribution in [0.1, 0.15) is 219 Å². The molecular weight excluding hydrogens is 1240 g/mol. The molecule has 0 N–H and O–H groups in total. The summed E-state index contributed by atoms with van der Waals surface area (Å²) in [6.07, 6.45) is 0. The van der Waals surface area contributed by atoms with E-state index in [1.165, 1.54) is 83.4 Å². The number of halogens is 13. The van der Waals surface area contributed by atoms with Gasteiger partial charge in [-0.05, 0) is 208 Å². The summed E-state index contributed by atoms with van der Waals surface area (Å²) in [5.41, 5.74) is 11.0. The summed E-state index contributed by atoms with van der Waals surface area (Å²) in [4.78, 5) is 0. The van der Waals surface area contributed by atoms with Crippen LogP contribution >= 0.6 is 39.1 Å². The standard InChI is InChI=1S/C11H15F.C10H13F.C9H10BrF.2C9H10ClF.2C9H10F2.C9H11F/c1-7(2)10-5-6-11(12)9(4)8(10)3;1-7(2)10-5-4-9(11)6-8(10)3;2*1-6(2)8-4-3-7(11)5-9(8)10;1-6(2)7-4-3-5-8(11)9(7)10;1-6(2)8-4-3-7(10)5-9(8)11;1-6(2)7-3-4-8(10)9(11)5-7;1-7(2)8-3-5-9(10)6-4-8/h5-7H,1-4H3;4-7H,1-3H3;5*3-6H,1-2H3;3-7H,1-2H3. The van der Waals surface area contributed by atoms with Gasteiger partial charge in [-0.25, -0.2) is 43.9 Å². The maximum atomic E-state index is 13.0. The van der Waals surface area contributed by atoms with Crippen molar-refractivity contribution in [2.24, 2.45) is 0 Å². The molecule has 0 aliphatic rings. The molecule has 0 fully saturated rings. The van der Waals surface area contributed by atoms with Crippen LogP contribution in [0.4, 0.5) is 43.9 Å². The minimum atomic E-state index is -0.783. The highest BCUT2D eigenvalue weighted by Gasteiger charge is 2.12. The number of rotatable bonds is 8. The summed E-state index contributed by atoms with van der Waals surface area (Å²) in [7, 11) is 0. The predicted molar refractivity (Wildman–Crippen MR) is 356 cm³/mol. The zero-order valence-corrected chi connectivity index (χ0v) is 57.5. The first-order valence-electron chi connectivity index (χ1n) is 29.4. The molecule has 0 bridgehead atoms. The minimum absolute atomic E-state index is 0.100. The minimum Gasteiger partial charge on any atom is -0.207 e. The lowest BCUT2D eigenvalue weighted by Crippen LogP contribution is -1.96. The zero-order chi connectivity index (χ0) is 67.4. The third kappa shape index (κ3) is 28.7. The maximum Gasteiger partial charge on any atom is 0.159 e. The van der Waals surface area contributed by atoms with Gasteiger partial charge >= 0.3 is 0 Å². The smallest absolute Gasteiger partial charge is 0.159 e. The molecule has 0 spiro atoms. The summed E-state index contributed by atoms with van der Waals surface area (Å²) in [5.74, 6) is -0.892. The molecule has 0 atom stereocenters. The van der Waals surface area contributed by atoms with E-state index in [-0.39, 0.29) is 57.7 Å². The molecule has 0 aliphatic heterocycles. The molecule has 8 aromatic rings. The van der Waals surface area contributed by atoms with Gasteiger partial charge in [0.25, 0.3) is 0 Å². The first kappa shape index (κ1) is 80.1. The first-order chi connectivity index (χ1) is 40.9. The van der Waals surface area contributed by atoms with Crippen molar-refractivity contribution in [2.75, 3.05) is 0 Å². The molecule has 0 aliphatic carbocycles. The molecular formula is C75H89BrCl2F10. The average molecular weight is 1330 g/mol. The van der Waals surface area contributed by atoms with Crippen LogP contribution in [-0.2, 0) is 0 Å². The van der Waals surface area contributed by atoms with E-state index in [1.807, 2.05) is 113 Å². The van der Waals surface area contributed by atoms with Gasteiger partial charge in [0, 0.05) is 15.6 Å². The van der Waals surface area contributed by atoms with Gasteiger partial charge in [0.05, 0.1) is 5.02 Å². The van der Waals surface area contributed by atoms with Crippen molar-refractivity contribution in [3.63, 3.8) is 0 Å². The topological polar surface area (TPSA) is 0 Å². The molecule has 0 amide bonds. The second kappa shape index (κ2) is 40.0. The van der Waals surface area contributed by atoms with Gasteiger partial charge in [-0.3, -0.25) is 0 Å². The van der Waals surface area contributed by atoms with Gasteiger partial charge < -0.3 is 0 Å². The fraction of sp³-hybridized carbons (Fsp3) is 0.360. The van der Waals surface area contributed by atoms with Crippen molar-refractivity contribution >= 4 is 39.1 Å². The quantitative estimate of drug-likeness (QED) is 0.133. The van der Waals surface area contributed by atoms with Crippen molar-refractivity contribution in [3.05, 3.63) is 279 Å². The van der Waals surface area contributed by atoms with E-state index >= 15 is 0 Å². The number of benzene rings is 8. The Kier molecular flexibility index (Phi) is 36.4. The van der Waals surface area contributed by atoms with Crippen LogP contribution in [0.15, 0.2) is 150 Å². The predicted octanol–water partition coefficient (Wildman–Crippen LogP) is 26.9. The van der Waals surface area contributed by atoms with Crippen LogP contribution in [0.3, 0.4) is 0 Å². The normalized spacial score (nSPS) is 10.6. The highest BCUT2D eigenvalue weighted by molar-refractivity contribution is 9.10. The SMILES string of the molecule is CC(C)c1ccc(F)c(F)c1.CC(C)c1ccc(F)cc1.CC(C)c1ccc(F)cc1Br.CC(C)c1ccc(F)cc1Cl.CC(C)c1ccc(F)cc1F.CC(C)c1cccc(F)c1Cl.Cc1c(F)ccc(C(C)C)c1C.Cc1cc(F)ccc1C(C)C. The molecule has 0 radical (unpaired) electrons. The Balaban J connectivity index is 0.000000503. The second-order valence-corrected chi connectivity index (χ2v) is 25.1. The second-order valence-electron chi connectivity index (χ2n) is 23.5. The first-order valence-corrected chi connectivity index (χ1v) is 31.0. The van der Waals surface area contributed by atoms with Crippen molar-refractivity contribution in [2.45, 2.75) is 179 Å². The summed E-state index contributed by atoms with van der Waals surface area (Å²) in [6, 6.07) is 36.9. The van der Waals surface area contributed by atoms with Crippen molar-refractivity contribution in [1.82, 2.24) is 0 Å². The van der Waals surface area contributed by atoms with Crippen LogP contribution in [0.25, 0.3) is 0 Å². The molecule has 0 saturated carbocycles. The van der Waals surface area contributed by atoms with Crippen molar-refractivity contribution in [3.8, 4) is 0 Å². The van der Waals surface area contributed by atoms with Crippen LogP contribution in [0.2, 0.25) is 10.0 Å². The molecule has 0 nitrogen and oxygen atoms in total.